The van der Waals surface area contributed by atoms with E-state index in [2.05, 4.69) is 26.1 Å². The van der Waals surface area contributed by atoms with Crippen molar-refractivity contribution in [2.45, 2.75) is 4.34 Å². The van der Waals surface area contributed by atoms with Gasteiger partial charge in [-0.2, -0.15) is 0 Å². The van der Waals surface area contributed by atoms with E-state index in [1.807, 2.05) is 48.5 Å². The van der Waals surface area contributed by atoms with Gasteiger partial charge in [0.1, 0.15) is 0 Å². The summed E-state index contributed by atoms with van der Waals surface area (Å²) in [5.74, 6) is -0.377. The number of amides is 2. The van der Waals surface area contributed by atoms with Crippen molar-refractivity contribution in [1.29, 1.82) is 0 Å². The highest BCUT2D eigenvalue weighted by atomic mass is 32.2. The van der Waals surface area contributed by atoms with Gasteiger partial charge in [0.15, 0.2) is 4.34 Å². The van der Waals surface area contributed by atoms with Crippen LogP contribution in [0, 0.1) is 0 Å². The molecule has 0 atom stereocenters. The molecule has 9 heteroatoms. The largest absolute Gasteiger partial charge is 0.330 e. The van der Waals surface area contributed by atoms with E-state index in [0.29, 0.717) is 26.4 Å². The molecule has 0 saturated heterocycles. The molecule has 160 valence electrons. The van der Waals surface area contributed by atoms with Crippen LogP contribution in [0.15, 0.2) is 89.3 Å². The minimum absolute atomic E-state index is 0.147. The first-order valence-electron chi connectivity index (χ1n) is 9.71. The first-order valence-corrected chi connectivity index (χ1v) is 11.5. The smallest absolute Gasteiger partial charge is 0.257 e. The number of nitrogens with one attached hydrogen (secondary N) is 3. The normalized spacial score (nSPS) is 10.4. The zero-order valence-corrected chi connectivity index (χ0v) is 18.5. The molecule has 1 heterocycles. The van der Waals surface area contributed by atoms with Gasteiger partial charge in [-0.3, -0.25) is 9.59 Å². The zero-order valence-electron chi connectivity index (χ0n) is 16.8. The van der Waals surface area contributed by atoms with Gasteiger partial charge in [0.2, 0.25) is 11.0 Å². The highest BCUT2D eigenvalue weighted by Gasteiger charge is 2.14. The number of para-hydroxylation sites is 3. The van der Waals surface area contributed by atoms with Crippen LogP contribution >= 0.6 is 23.1 Å². The molecule has 7 nitrogen and oxygen atoms in total. The molecule has 0 radical (unpaired) electrons. The Labute approximate surface area is 193 Å². The van der Waals surface area contributed by atoms with Crippen molar-refractivity contribution in [3.63, 3.8) is 0 Å². The first kappa shape index (κ1) is 21.5. The fourth-order valence-electron chi connectivity index (χ4n) is 2.79. The summed E-state index contributed by atoms with van der Waals surface area (Å²) < 4.78 is 0.675. The molecule has 0 spiro atoms. The number of aromatic nitrogens is 2. The molecular formula is C23H19N5O2S2. The average Bonchev–Trinajstić information content (AvgIpc) is 3.26. The van der Waals surface area contributed by atoms with Gasteiger partial charge in [-0.05, 0) is 36.4 Å². The van der Waals surface area contributed by atoms with Crippen molar-refractivity contribution < 1.29 is 9.59 Å². The van der Waals surface area contributed by atoms with Crippen LogP contribution in [0.3, 0.4) is 0 Å². The Balaban J connectivity index is 1.33. The van der Waals surface area contributed by atoms with Crippen LogP contribution in [-0.2, 0) is 4.79 Å². The third-order valence-corrected chi connectivity index (χ3v) is 6.21. The van der Waals surface area contributed by atoms with E-state index < -0.39 is 0 Å². The lowest BCUT2D eigenvalue weighted by atomic mass is 10.1. The number of benzene rings is 3. The Morgan fingerprint density at radius 2 is 1.44 bits per heavy atom. The van der Waals surface area contributed by atoms with E-state index in [1.165, 1.54) is 23.1 Å². The molecule has 0 aliphatic carbocycles. The highest BCUT2D eigenvalue weighted by molar-refractivity contribution is 8.01. The van der Waals surface area contributed by atoms with Crippen LogP contribution in [0.4, 0.5) is 22.2 Å². The minimum Gasteiger partial charge on any atom is -0.330 e. The molecule has 0 unspecified atom stereocenters. The number of hydrogen-bond donors (Lipinski definition) is 3. The monoisotopic (exact) mass is 461 g/mol. The van der Waals surface area contributed by atoms with Crippen molar-refractivity contribution in [2.75, 3.05) is 21.7 Å². The SMILES string of the molecule is O=C(CSc1nnc(Nc2ccccc2)s1)Nc1ccccc1C(=O)Nc1ccccc1. The topological polar surface area (TPSA) is 96.0 Å². The standard InChI is InChI=1S/C23H19N5O2S2/c29-20(15-31-23-28-27-22(32-23)25-17-11-5-2-6-12-17)26-19-14-8-7-13-18(19)21(30)24-16-9-3-1-4-10-16/h1-14H,15H2,(H,24,30)(H,25,27)(H,26,29). The number of nitrogens with zero attached hydrogens (tertiary/aromatic N) is 2. The van der Waals surface area contributed by atoms with Crippen LogP contribution < -0.4 is 16.0 Å². The number of thioether (sulfide) groups is 1. The molecule has 0 fully saturated rings. The lowest BCUT2D eigenvalue weighted by Gasteiger charge is -2.11. The number of carbonyl (C=O) groups excluding carboxylic acids is 2. The van der Waals surface area contributed by atoms with Gasteiger partial charge < -0.3 is 16.0 Å². The number of hydrogen-bond acceptors (Lipinski definition) is 7. The summed E-state index contributed by atoms with van der Waals surface area (Å²) in [5, 5.41) is 17.7. The van der Waals surface area contributed by atoms with Gasteiger partial charge in [0.05, 0.1) is 17.0 Å². The van der Waals surface area contributed by atoms with Crippen LogP contribution in [0.5, 0.6) is 0 Å². The average molecular weight is 462 g/mol. The van der Waals surface area contributed by atoms with E-state index in [1.54, 1.807) is 36.4 Å². The first-order chi connectivity index (χ1) is 15.7. The van der Waals surface area contributed by atoms with E-state index in [-0.39, 0.29) is 17.6 Å². The summed E-state index contributed by atoms with van der Waals surface area (Å²) in [6, 6.07) is 25.8. The third-order valence-electron chi connectivity index (χ3n) is 4.24. The van der Waals surface area contributed by atoms with E-state index in [0.717, 1.165) is 5.69 Å². The molecule has 3 N–H and O–H groups in total. The Bertz CT molecular complexity index is 1200. The van der Waals surface area contributed by atoms with Gasteiger partial charge >= 0.3 is 0 Å². The van der Waals surface area contributed by atoms with Gasteiger partial charge in [-0.25, -0.2) is 0 Å². The van der Waals surface area contributed by atoms with E-state index >= 15 is 0 Å². The predicted molar refractivity (Wildman–Crippen MR) is 130 cm³/mol. The van der Waals surface area contributed by atoms with Crippen molar-refractivity contribution in [1.82, 2.24) is 10.2 Å². The van der Waals surface area contributed by atoms with Crippen LogP contribution in [0.25, 0.3) is 0 Å². The second-order valence-electron chi connectivity index (χ2n) is 6.57. The molecule has 32 heavy (non-hydrogen) atoms. The van der Waals surface area contributed by atoms with Crippen molar-refractivity contribution >= 4 is 57.1 Å². The van der Waals surface area contributed by atoms with Crippen LogP contribution in [0.2, 0.25) is 0 Å². The fourth-order valence-corrected chi connectivity index (χ4v) is 4.36. The summed E-state index contributed by atoms with van der Waals surface area (Å²) in [4.78, 5) is 25.2. The molecule has 3 aromatic carbocycles. The maximum absolute atomic E-state index is 12.7. The maximum Gasteiger partial charge on any atom is 0.257 e. The summed E-state index contributed by atoms with van der Waals surface area (Å²) in [7, 11) is 0. The molecule has 0 bridgehead atoms. The summed E-state index contributed by atoms with van der Waals surface area (Å²) in [6.07, 6.45) is 0. The Kier molecular flexibility index (Phi) is 7.11. The van der Waals surface area contributed by atoms with Gasteiger partial charge in [-0.15, -0.1) is 10.2 Å². The molecule has 4 aromatic rings. The molecule has 1 aromatic heterocycles. The molecule has 0 aliphatic heterocycles. The number of anilines is 4. The predicted octanol–water partition coefficient (Wildman–Crippen LogP) is 5.26. The van der Waals surface area contributed by atoms with Crippen molar-refractivity contribution in [2.24, 2.45) is 0 Å². The van der Waals surface area contributed by atoms with Crippen molar-refractivity contribution in [3.05, 3.63) is 90.5 Å². The quantitative estimate of drug-likeness (QED) is 0.310. The number of carbonyl (C=O) groups is 2. The maximum atomic E-state index is 12.7. The lowest BCUT2D eigenvalue weighted by Crippen LogP contribution is -2.19. The second kappa shape index (κ2) is 10.6. The van der Waals surface area contributed by atoms with Crippen LogP contribution in [0.1, 0.15) is 10.4 Å². The fraction of sp³-hybridized carbons (Fsp3) is 0.0435. The molecular weight excluding hydrogens is 442 g/mol. The summed E-state index contributed by atoms with van der Waals surface area (Å²) >= 11 is 2.66. The molecule has 0 aliphatic rings. The third kappa shape index (κ3) is 5.93. The van der Waals surface area contributed by atoms with E-state index in [9.17, 15) is 9.59 Å². The van der Waals surface area contributed by atoms with Gasteiger partial charge in [0, 0.05) is 11.4 Å². The highest BCUT2D eigenvalue weighted by Crippen LogP contribution is 2.28. The van der Waals surface area contributed by atoms with Gasteiger partial charge in [-0.1, -0.05) is 71.6 Å². The molecule has 0 saturated carbocycles. The Hall–Kier alpha value is -3.69. The number of rotatable bonds is 8. The molecule has 4 rings (SSSR count). The Morgan fingerprint density at radius 3 is 2.19 bits per heavy atom. The van der Waals surface area contributed by atoms with Gasteiger partial charge in [0.25, 0.3) is 5.91 Å². The van der Waals surface area contributed by atoms with Crippen molar-refractivity contribution in [3.8, 4) is 0 Å². The Morgan fingerprint density at radius 1 is 0.781 bits per heavy atom. The summed E-state index contributed by atoms with van der Waals surface area (Å²) in [6.45, 7) is 0. The zero-order chi connectivity index (χ0) is 22.2. The minimum atomic E-state index is -0.291. The van der Waals surface area contributed by atoms with Crippen LogP contribution in [-0.4, -0.2) is 27.8 Å². The van der Waals surface area contributed by atoms with E-state index in [4.69, 9.17) is 0 Å². The second-order valence-corrected chi connectivity index (χ2v) is 8.77. The lowest BCUT2D eigenvalue weighted by molar-refractivity contribution is -0.113. The molecule has 2 amide bonds. The summed E-state index contributed by atoms with van der Waals surface area (Å²) in [5.41, 5.74) is 2.45.